The van der Waals surface area contributed by atoms with Crippen LogP contribution >= 0.6 is 15.9 Å². The smallest absolute Gasteiger partial charge is 0.246 e. The topological polar surface area (TPSA) is 49.4 Å². The van der Waals surface area contributed by atoms with Crippen LogP contribution < -0.4 is 5.32 Å². The van der Waals surface area contributed by atoms with E-state index in [2.05, 4.69) is 21.2 Å². The highest BCUT2D eigenvalue weighted by molar-refractivity contribution is 9.10. The van der Waals surface area contributed by atoms with Crippen molar-refractivity contribution < 1.29 is 12.8 Å². The normalized spacial score (nSPS) is 19.1. The minimum atomic E-state index is -3.84. The van der Waals surface area contributed by atoms with E-state index in [1.54, 1.807) is 13.1 Å². The Bertz CT molecular complexity index is 647. The molecule has 0 spiro atoms. The number of nitrogens with one attached hydrogen (secondary N) is 1. The Hall–Kier alpha value is -0.500. The fourth-order valence-electron chi connectivity index (χ4n) is 2.77. The standard InChI is InChI=1S/C14H20BrFN2O2S/c1-14(2)5-4-6-18(14)21(19,20)12-8-11(15)7-10(9-17-3)13(12)16/h7-8,17H,4-6,9H2,1-3H3. The Morgan fingerprint density at radius 1 is 1.43 bits per heavy atom. The monoisotopic (exact) mass is 378 g/mol. The fraction of sp³-hybridized carbons (Fsp3) is 0.571. The fourth-order valence-corrected chi connectivity index (χ4v) is 5.41. The average Bonchev–Trinajstić information content (AvgIpc) is 2.74. The molecule has 1 fully saturated rings. The summed E-state index contributed by atoms with van der Waals surface area (Å²) < 4.78 is 42.2. The van der Waals surface area contributed by atoms with Crippen LogP contribution in [0, 0.1) is 5.82 Å². The van der Waals surface area contributed by atoms with Gasteiger partial charge in [0.15, 0.2) is 0 Å². The first kappa shape index (κ1) is 16.9. The Morgan fingerprint density at radius 3 is 2.62 bits per heavy atom. The van der Waals surface area contributed by atoms with Crippen LogP contribution in [0.5, 0.6) is 0 Å². The maximum absolute atomic E-state index is 14.6. The minimum Gasteiger partial charge on any atom is -0.316 e. The summed E-state index contributed by atoms with van der Waals surface area (Å²) in [4.78, 5) is -0.253. The lowest BCUT2D eigenvalue weighted by Gasteiger charge is -2.30. The third kappa shape index (κ3) is 3.16. The molecule has 0 amide bonds. The predicted molar refractivity (Wildman–Crippen MR) is 84.1 cm³/mol. The van der Waals surface area contributed by atoms with Crippen molar-refractivity contribution in [3.05, 3.63) is 28.0 Å². The van der Waals surface area contributed by atoms with E-state index in [4.69, 9.17) is 0 Å². The molecule has 1 aromatic rings. The lowest BCUT2D eigenvalue weighted by Crippen LogP contribution is -2.42. The Balaban J connectivity index is 2.55. The van der Waals surface area contributed by atoms with Gasteiger partial charge in [0.25, 0.3) is 0 Å². The van der Waals surface area contributed by atoms with Gasteiger partial charge in [0.2, 0.25) is 10.0 Å². The summed E-state index contributed by atoms with van der Waals surface area (Å²) >= 11 is 3.27. The lowest BCUT2D eigenvalue weighted by molar-refractivity contribution is 0.290. The molecule has 0 bridgehead atoms. The van der Waals surface area contributed by atoms with Gasteiger partial charge in [-0.05, 0) is 45.9 Å². The van der Waals surface area contributed by atoms with Crippen LogP contribution in [0.2, 0.25) is 0 Å². The molecule has 0 saturated carbocycles. The molecule has 7 heteroatoms. The quantitative estimate of drug-likeness (QED) is 0.875. The van der Waals surface area contributed by atoms with E-state index in [0.29, 0.717) is 16.6 Å². The SMILES string of the molecule is CNCc1cc(Br)cc(S(=O)(=O)N2CCCC2(C)C)c1F. The number of halogens is 2. The van der Waals surface area contributed by atoms with Crippen LogP contribution in [-0.2, 0) is 16.6 Å². The first-order valence-corrected chi connectivity index (χ1v) is 9.09. The number of benzene rings is 1. The third-order valence-corrected chi connectivity index (χ3v) is 6.41. The molecule has 1 saturated heterocycles. The van der Waals surface area contributed by atoms with Crippen molar-refractivity contribution in [3.63, 3.8) is 0 Å². The van der Waals surface area contributed by atoms with Crippen LogP contribution in [0.4, 0.5) is 4.39 Å². The second-order valence-electron chi connectivity index (χ2n) is 5.90. The van der Waals surface area contributed by atoms with Crippen molar-refractivity contribution in [2.24, 2.45) is 0 Å². The first-order valence-electron chi connectivity index (χ1n) is 6.85. The van der Waals surface area contributed by atoms with Crippen molar-refractivity contribution in [2.45, 2.75) is 43.7 Å². The molecule has 0 aliphatic carbocycles. The molecular formula is C14H20BrFN2O2S. The molecule has 1 aliphatic heterocycles. The number of hydrogen-bond donors (Lipinski definition) is 1. The van der Waals surface area contributed by atoms with E-state index < -0.39 is 21.4 Å². The van der Waals surface area contributed by atoms with Gasteiger partial charge in [0.1, 0.15) is 10.7 Å². The van der Waals surface area contributed by atoms with E-state index in [1.165, 1.54) is 10.4 Å². The molecule has 0 radical (unpaired) electrons. The summed E-state index contributed by atoms with van der Waals surface area (Å²) in [5, 5.41) is 2.85. The number of sulfonamides is 1. The summed E-state index contributed by atoms with van der Waals surface area (Å²) in [6.07, 6.45) is 1.58. The van der Waals surface area contributed by atoms with Gasteiger partial charge < -0.3 is 5.32 Å². The molecule has 0 atom stereocenters. The zero-order valence-corrected chi connectivity index (χ0v) is 14.8. The van der Waals surface area contributed by atoms with Crippen LogP contribution in [0.25, 0.3) is 0 Å². The van der Waals surface area contributed by atoms with Crippen molar-refractivity contribution in [1.29, 1.82) is 0 Å². The van der Waals surface area contributed by atoms with E-state index in [1.807, 2.05) is 13.8 Å². The van der Waals surface area contributed by atoms with Gasteiger partial charge in [0, 0.05) is 28.7 Å². The predicted octanol–water partition coefficient (Wildman–Crippen LogP) is 2.87. The van der Waals surface area contributed by atoms with Crippen molar-refractivity contribution in [3.8, 4) is 0 Å². The molecule has 0 aromatic heterocycles. The molecule has 2 rings (SSSR count). The molecular weight excluding hydrogens is 359 g/mol. The van der Waals surface area contributed by atoms with Gasteiger partial charge in [0.05, 0.1) is 0 Å². The third-order valence-electron chi connectivity index (χ3n) is 3.84. The lowest BCUT2D eigenvalue weighted by atomic mass is 10.0. The molecule has 1 aliphatic rings. The molecule has 21 heavy (non-hydrogen) atoms. The largest absolute Gasteiger partial charge is 0.316 e. The summed E-state index contributed by atoms with van der Waals surface area (Å²) in [5.74, 6) is -0.671. The Kier molecular flexibility index (Phi) is 4.78. The van der Waals surface area contributed by atoms with Crippen molar-refractivity contribution in [2.75, 3.05) is 13.6 Å². The van der Waals surface area contributed by atoms with Crippen molar-refractivity contribution >= 4 is 26.0 Å². The zero-order valence-electron chi connectivity index (χ0n) is 12.4. The molecule has 1 heterocycles. The van der Waals surface area contributed by atoms with E-state index in [9.17, 15) is 12.8 Å². The summed E-state index contributed by atoms with van der Waals surface area (Å²) in [5.41, 5.74) is -0.140. The van der Waals surface area contributed by atoms with E-state index in [-0.39, 0.29) is 11.4 Å². The Labute approximate surface area is 133 Å². The first-order chi connectivity index (χ1) is 9.70. The maximum Gasteiger partial charge on any atom is 0.246 e. The van der Waals surface area contributed by atoms with Gasteiger partial charge in [-0.2, -0.15) is 4.31 Å². The molecule has 1 N–H and O–H groups in total. The van der Waals surface area contributed by atoms with Gasteiger partial charge in [-0.1, -0.05) is 15.9 Å². The van der Waals surface area contributed by atoms with Crippen LogP contribution in [0.15, 0.2) is 21.5 Å². The van der Waals surface area contributed by atoms with E-state index in [0.717, 1.165) is 12.8 Å². The highest BCUT2D eigenvalue weighted by Gasteiger charge is 2.42. The maximum atomic E-state index is 14.6. The molecule has 118 valence electrons. The highest BCUT2D eigenvalue weighted by Crippen LogP contribution is 2.36. The van der Waals surface area contributed by atoms with Gasteiger partial charge in [-0.3, -0.25) is 0 Å². The summed E-state index contributed by atoms with van der Waals surface area (Å²) in [7, 11) is -2.15. The van der Waals surface area contributed by atoms with Crippen molar-refractivity contribution in [1.82, 2.24) is 9.62 Å². The number of rotatable bonds is 4. The number of nitrogens with zero attached hydrogens (tertiary/aromatic N) is 1. The second kappa shape index (κ2) is 5.95. The van der Waals surface area contributed by atoms with Gasteiger partial charge in [-0.15, -0.1) is 0 Å². The minimum absolute atomic E-state index is 0.253. The molecule has 0 unspecified atom stereocenters. The zero-order chi connectivity index (χ0) is 15.8. The van der Waals surface area contributed by atoms with Crippen LogP contribution in [0.3, 0.4) is 0 Å². The Morgan fingerprint density at radius 2 is 2.10 bits per heavy atom. The molecule has 4 nitrogen and oxygen atoms in total. The highest BCUT2D eigenvalue weighted by atomic mass is 79.9. The molecule has 1 aromatic carbocycles. The second-order valence-corrected chi connectivity index (χ2v) is 8.65. The average molecular weight is 379 g/mol. The summed E-state index contributed by atoms with van der Waals surface area (Å²) in [6.45, 7) is 4.46. The van der Waals surface area contributed by atoms with E-state index >= 15 is 0 Å². The summed E-state index contributed by atoms with van der Waals surface area (Å²) in [6, 6.07) is 2.94. The van der Waals surface area contributed by atoms with Crippen LogP contribution in [0.1, 0.15) is 32.3 Å². The van der Waals surface area contributed by atoms with Gasteiger partial charge in [-0.25, -0.2) is 12.8 Å². The number of hydrogen-bond acceptors (Lipinski definition) is 3. The van der Waals surface area contributed by atoms with Crippen LogP contribution in [-0.4, -0.2) is 31.9 Å². The van der Waals surface area contributed by atoms with Gasteiger partial charge >= 0.3 is 0 Å².